The summed E-state index contributed by atoms with van der Waals surface area (Å²) in [6.45, 7) is 3.97. The van der Waals surface area contributed by atoms with Gasteiger partial charge >= 0.3 is 0 Å². The molecule has 1 heterocycles. The zero-order chi connectivity index (χ0) is 15.1. The number of carbonyl (C=O) groups is 1. The molecule has 0 saturated heterocycles. The standard InChI is InChI=1S/C15H25N5O/c1-2-17-14(21)12-6-7-13(20-19-12)18-11-15(10-16)8-4-3-5-9-15/h6-7H,2-5,8-11,16H2,1H3,(H,17,21)(H,18,20). The Morgan fingerprint density at radius 3 is 2.62 bits per heavy atom. The molecule has 6 nitrogen and oxygen atoms in total. The smallest absolute Gasteiger partial charge is 0.271 e. The highest BCUT2D eigenvalue weighted by molar-refractivity contribution is 5.92. The van der Waals surface area contributed by atoms with Crippen molar-refractivity contribution in [1.29, 1.82) is 0 Å². The van der Waals surface area contributed by atoms with Crippen molar-refractivity contribution >= 4 is 11.7 Å². The van der Waals surface area contributed by atoms with Gasteiger partial charge in [0.05, 0.1) is 0 Å². The molecule has 0 unspecified atom stereocenters. The molecule has 0 bridgehead atoms. The second kappa shape index (κ2) is 7.36. The molecular weight excluding hydrogens is 266 g/mol. The van der Waals surface area contributed by atoms with Crippen LogP contribution in [0.4, 0.5) is 5.82 Å². The summed E-state index contributed by atoms with van der Waals surface area (Å²) in [5.74, 6) is 0.503. The van der Waals surface area contributed by atoms with Crippen molar-refractivity contribution in [3.63, 3.8) is 0 Å². The second-order valence-corrected chi connectivity index (χ2v) is 5.78. The molecule has 0 aromatic carbocycles. The first-order chi connectivity index (χ1) is 10.2. The average Bonchev–Trinajstić information content (AvgIpc) is 2.54. The lowest BCUT2D eigenvalue weighted by Crippen LogP contribution is -2.39. The van der Waals surface area contributed by atoms with Crippen molar-refractivity contribution in [2.75, 3.05) is 25.0 Å². The summed E-state index contributed by atoms with van der Waals surface area (Å²) in [5, 5.41) is 14.0. The highest BCUT2D eigenvalue weighted by Crippen LogP contribution is 2.35. The van der Waals surface area contributed by atoms with Gasteiger partial charge in [0.1, 0.15) is 5.82 Å². The highest BCUT2D eigenvalue weighted by Gasteiger charge is 2.30. The summed E-state index contributed by atoms with van der Waals surface area (Å²) >= 11 is 0. The fourth-order valence-corrected chi connectivity index (χ4v) is 2.83. The van der Waals surface area contributed by atoms with Crippen LogP contribution in [0, 0.1) is 5.41 Å². The Balaban J connectivity index is 1.92. The summed E-state index contributed by atoms with van der Waals surface area (Å²) < 4.78 is 0. The van der Waals surface area contributed by atoms with E-state index < -0.39 is 0 Å². The fourth-order valence-electron chi connectivity index (χ4n) is 2.83. The van der Waals surface area contributed by atoms with Crippen molar-refractivity contribution in [2.45, 2.75) is 39.0 Å². The zero-order valence-corrected chi connectivity index (χ0v) is 12.7. The number of nitrogens with two attached hydrogens (primary N) is 1. The first-order valence-corrected chi connectivity index (χ1v) is 7.75. The monoisotopic (exact) mass is 291 g/mol. The van der Waals surface area contributed by atoms with E-state index in [0.29, 0.717) is 24.6 Å². The Morgan fingerprint density at radius 2 is 2.05 bits per heavy atom. The number of nitrogens with zero attached hydrogens (tertiary/aromatic N) is 2. The highest BCUT2D eigenvalue weighted by atomic mass is 16.1. The van der Waals surface area contributed by atoms with Gasteiger partial charge in [0, 0.05) is 13.1 Å². The molecule has 21 heavy (non-hydrogen) atoms. The summed E-state index contributed by atoms with van der Waals surface area (Å²) in [4.78, 5) is 11.6. The zero-order valence-electron chi connectivity index (χ0n) is 12.7. The molecule has 1 aromatic rings. The van der Waals surface area contributed by atoms with E-state index in [1.165, 1.54) is 32.1 Å². The van der Waals surface area contributed by atoms with Crippen LogP contribution in [-0.2, 0) is 0 Å². The quantitative estimate of drug-likeness (QED) is 0.739. The van der Waals surface area contributed by atoms with E-state index in [1.807, 2.05) is 6.92 Å². The van der Waals surface area contributed by atoms with Gasteiger partial charge in [-0.2, -0.15) is 0 Å². The van der Waals surface area contributed by atoms with Gasteiger partial charge in [0.25, 0.3) is 5.91 Å². The molecular formula is C15H25N5O. The molecule has 0 aliphatic heterocycles. The van der Waals surface area contributed by atoms with Gasteiger partial charge in [-0.25, -0.2) is 0 Å². The summed E-state index contributed by atoms with van der Waals surface area (Å²) in [6, 6.07) is 3.49. The predicted octanol–water partition coefficient (Wildman–Crippen LogP) is 1.55. The van der Waals surface area contributed by atoms with Crippen LogP contribution in [0.5, 0.6) is 0 Å². The van der Waals surface area contributed by atoms with Crippen LogP contribution in [0.1, 0.15) is 49.5 Å². The van der Waals surface area contributed by atoms with E-state index in [0.717, 1.165) is 6.54 Å². The maximum absolute atomic E-state index is 11.6. The number of carbonyl (C=O) groups excluding carboxylic acids is 1. The minimum atomic E-state index is -0.192. The second-order valence-electron chi connectivity index (χ2n) is 5.78. The van der Waals surface area contributed by atoms with Crippen molar-refractivity contribution in [3.8, 4) is 0 Å². The van der Waals surface area contributed by atoms with Gasteiger partial charge in [-0.15, -0.1) is 10.2 Å². The summed E-state index contributed by atoms with van der Waals surface area (Å²) in [6.07, 6.45) is 6.14. The molecule has 2 rings (SSSR count). The molecule has 0 radical (unpaired) electrons. The van der Waals surface area contributed by atoms with E-state index in [2.05, 4.69) is 20.8 Å². The van der Waals surface area contributed by atoms with E-state index in [9.17, 15) is 4.79 Å². The van der Waals surface area contributed by atoms with Crippen LogP contribution in [0.25, 0.3) is 0 Å². The average molecular weight is 291 g/mol. The number of anilines is 1. The maximum Gasteiger partial charge on any atom is 0.271 e. The number of rotatable bonds is 6. The SMILES string of the molecule is CCNC(=O)c1ccc(NCC2(CN)CCCCC2)nn1. The third-order valence-corrected chi connectivity index (χ3v) is 4.23. The Labute approximate surface area is 125 Å². The van der Waals surface area contributed by atoms with Crippen LogP contribution < -0.4 is 16.4 Å². The van der Waals surface area contributed by atoms with Crippen molar-refractivity contribution < 1.29 is 4.79 Å². The molecule has 0 spiro atoms. The Kier molecular flexibility index (Phi) is 5.50. The van der Waals surface area contributed by atoms with Gasteiger partial charge in [0.2, 0.25) is 0 Å². The first-order valence-electron chi connectivity index (χ1n) is 7.75. The molecule has 4 N–H and O–H groups in total. The summed E-state index contributed by atoms with van der Waals surface area (Å²) in [7, 11) is 0. The molecule has 1 amide bonds. The predicted molar refractivity (Wildman–Crippen MR) is 83.1 cm³/mol. The van der Waals surface area contributed by atoms with Crippen LogP contribution in [0.3, 0.4) is 0 Å². The van der Waals surface area contributed by atoms with Gasteiger partial charge in [0.15, 0.2) is 5.69 Å². The topological polar surface area (TPSA) is 92.9 Å². The largest absolute Gasteiger partial charge is 0.368 e. The number of amides is 1. The molecule has 1 saturated carbocycles. The number of hydrogen-bond donors (Lipinski definition) is 3. The lowest BCUT2D eigenvalue weighted by molar-refractivity contribution is 0.0950. The molecule has 1 aromatic heterocycles. The number of aromatic nitrogens is 2. The fraction of sp³-hybridized carbons (Fsp3) is 0.667. The maximum atomic E-state index is 11.6. The van der Waals surface area contributed by atoms with Crippen LogP contribution in [0.2, 0.25) is 0 Å². The van der Waals surface area contributed by atoms with E-state index in [1.54, 1.807) is 12.1 Å². The van der Waals surface area contributed by atoms with Gasteiger partial charge in [-0.1, -0.05) is 19.3 Å². The Hall–Kier alpha value is -1.69. The van der Waals surface area contributed by atoms with Gasteiger partial charge in [-0.3, -0.25) is 4.79 Å². The number of hydrogen-bond acceptors (Lipinski definition) is 5. The Morgan fingerprint density at radius 1 is 1.29 bits per heavy atom. The molecule has 0 atom stereocenters. The number of nitrogens with one attached hydrogen (secondary N) is 2. The van der Waals surface area contributed by atoms with E-state index >= 15 is 0 Å². The Bertz CT molecular complexity index is 454. The van der Waals surface area contributed by atoms with Crippen molar-refractivity contribution in [1.82, 2.24) is 15.5 Å². The van der Waals surface area contributed by atoms with Gasteiger partial charge in [-0.05, 0) is 43.9 Å². The lowest BCUT2D eigenvalue weighted by atomic mass is 9.74. The molecule has 116 valence electrons. The lowest BCUT2D eigenvalue weighted by Gasteiger charge is -2.36. The molecule has 1 aliphatic rings. The third kappa shape index (κ3) is 4.14. The molecule has 1 fully saturated rings. The van der Waals surface area contributed by atoms with Crippen LogP contribution in [-0.4, -0.2) is 35.7 Å². The van der Waals surface area contributed by atoms with Crippen LogP contribution >= 0.6 is 0 Å². The van der Waals surface area contributed by atoms with E-state index in [-0.39, 0.29) is 11.3 Å². The summed E-state index contributed by atoms with van der Waals surface area (Å²) in [5.41, 5.74) is 6.49. The van der Waals surface area contributed by atoms with Crippen LogP contribution in [0.15, 0.2) is 12.1 Å². The van der Waals surface area contributed by atoms with E-state index in [4.69, 9.17) is 5.73 Å². The normalized spacial score (nSPS) is 17.2. The first kappa shape index (κ1) is 15.7. The minimum absolute atomic E-state index is 0.179. The third-order valence-electron chi connectivity index (χ3n) is 4.23. The van der Waals surface area contributed by atoms with Crippen molar-refractivity contribution in [2.24, 2.45) is 11.1 Å². The minimum Gasteiger partial charge on any atom is -0.368 e. The molecule has 1 aliphatic carbocycles. The van der Waals surface area contributed by atoms with Gasteiger partial charge < -0.3 is 16.4 Å². The van der Waals surface area contributed by atoms with Crippen molar-refractivity contribution in [3.05, 3.63) is 17.8 Å². The molecule has 6 heteroatoms.